The number of halogens is 1. The van der Waals surface area contributed by atoms with Crippen LogP contribution in [0.4, 0.5) is 21.6 Å². The maximum atomic E-state index is 15.0. The number of piperidine rings is 1. The van der Waals surface area contributed by atoms with E-state index in [0.717, 1.165) is 31.4 Å². The summed E-state index contributed by atoms with van der Waals surface area (Å²) < 4.78 is 34.0. The number of rotatable bonds is 9. The van der Waals surface area contributed by atoms with Crippen molar-refractivity contribution in [3.63, 3.8) is 0 Å². The second-order valence-corrected chi connectivity index (χ2v) is 10.8. The zero-order valence-corrected chi connectivity index (χ0v) is 25.4. The van der Waals surface area contributed by atoms with Crippen molar-refractivity contribution in [1.29, 1.82) is 0 Å². The number of likely N-dealkylation sites (N-methyl/N-ethyl adjacent to an activating group) is 1. The molecule has 4 heterocycles. The van der Waals surface area contributed by atoms with Crippen LogP contribution in [0.5, 0.6) is 23.0 Å². The molecule has 1 fully saturated rings. The molecule has 1 aliphatic heterocycles. The molecule has 13 heteroatoms. The fraction of sp³-hybridized carbons (Fsp3) is 0.281. The number of hydrogen-bond donors (Lipinski definition) is 2. The Bertz CT molecular complexity index is 1910. The van der Waals surface area contributed by atoms with Gasteiger partial charge in [0.1, 0.15) is 41.5 Å². The van der Waals surface area contributed by atoms with Gasteiger partial charge in [-0.05, 0) is 63.2 Å². The zero-order chi connectivity index (χ0) is 31.5. The molecule has 6 rings (SSSR count). The van der Waals surface area contributed by atoms with E-state index in [-0.39, 0.29) is 11.7 Å². The summed E-state index contributed by atoms with van der Waals surface area (Å²) in [5.41, 5.74) is 2.96. The lowest BCUT2D eigenvalue weighted by molar-refractivity contribution is -0.114. The molecule has 3 aromatic heterocycles. The molecule has 1 aliphatic rings. The van der Waals surface area contributed by atoms with Crippen LogP contribution in [0.2, 0.25) is 0 Å². The number of anilines is 3. The number of hydrogen-bond acceptors (Lipinski definition) is 10. The van der Waals surface area contributed by atoms with Gasteiger partial charge in [-0.25, -0.2) is 23.9 Å². The van der Waals surface area contributed by atoms with Crippen LogP contribution in [0.1, 0.15) is 24.8 Å². The van der Waals surface area contributed by atoms with Crippen LogP contribution >= 0.6 is 0 Å². The quantitative estimate of drug-likeness (QED) is 0.197. The summed E-state index contributed by atoms with van der Waals surface area (Å²) >= 11 is 0. The van der Waals surface area contributed by atoms with E-state index in [2.05, 4.69) is 35.6 Å². The molecule has 45 heavy (non-hydrogen) atoms. The van der Waals surface area contributed by atoms with Crippen molar-refractivity contribution in [2.24, 2.45) is 0 Å². The van der Waals surface area contributed by atoms with Crippen LogP contribution in [-0.2, 0) is 4.79 Å². The highest BCUT2D eigenvalue weighted by Crippen LogP contribution is 2.39. The van der Waals surface area contributed by atoms with Crippen LogP contribution < -0.4 is 24.8 Å². The molecule has 0 radical (unpaired) electrons. The summed E-state index contributed by atoms with van der Waals surface area (Å²) in [4.78, 5) is 28.0. The summed E-state index contributed by atoms with van der Waals surface area (Å²) in [6, 6.07) is 10.5. The van der Waals surface area contributed by atoms with Gasteiger partial charge in [-0.3, -0.25) is 9.69 Å². The molecule has 232 valence electrons. The largest absolute Gasteiger partial charge is 0.494 e. The summed E-state index contributed by atoms with van der Waals surface area (Å²) in [6.45, 7) is 2.78. The van der Waals surface area contributed by atoms with Gasteiger partial charge < -0.3 is 24.8 Å². The molecule has 2 aromatic carbocycles. The van der Waals surface area contributed by atoms with Gasteiger partial charge in [0.05, 0.1) is 31.1 Å². The molecule has 0 bridgehead atoms. The fourth-order valence-corrected chi connectivity index (χ4v) is 5.35. The maximum Gasteiger partial charge on any atom is 0.284 e. The van der Waals surface area contributed by atoms with Crippen LogP contribution in [0.25, 0.3) is 16.6 Å². The Kier molecular flexibility index (Phi) is 8.43. The van der Waals surface area contributed by atoms with Crippen LogP contribution in [0, 0.1) is 6.92 Å². The van der Waals surface area contributed by atoms with Crippen molar-refractivity contribution in [3.05, 3.63) is 72.7 Å². The number of carbonyl (C=O) groups is 1. The number of aromatic nitrogens is 5. The SMILES string of the molecule is COc1cc2ncnc(Nc3cc(C)c(Oc4ccn5ncnc5c4)cc3OC)c2cc1NC(=O)/C(F)=C/[C@H]1CCCCN1C. The molecule has 2 N–H and O–H groups in total. The summed E-state index contributed by atoms with van der Waals surface area (Å²) in [7, 11) is 4.97. The normalized spacial score (nSPS) is 15.7. The molecular formula is C32H33FN8O4. The van der Waals surface area contributed by atoms with Crippen LogP contribution in [0.15, 0.2) is 67.2 Å². The van der Waals surface area contributed by atoms with E-state index in [9.17, 15) is 4.79 Å². The first-order chi connectivity index (χ1) is 21.8. The minimum Gasteiger partial charge on any atom is -0.494 e. The summed E-state index contributed by atoms with van der Waals surface area (Å²) in [5.74, 6) is 0.787. The zero-order valence-electron chi connectivity index (χ0n) is 25.4. The van der Waals surface area contributed by atoms with Crippen LogP contribution in [0.3, 0.4) is 0 Å². The summed E-state index contributed by atoms with van der Waals surface area (Å²) in [5, 5.41) is 10.7. The molecule has 0 aliphatic carbocycles. The van der Waals surface area contributed by atoms with Gasteiger partial charge in [0.2, 0.25) is 0 Å². The number of likely N-dealkylation sites (tertiary alicyclic amines) is 1. The highest BCUT2D eigenvalue weighted by Gasteiger charge is 2.21. The third kappa shape index (κ3) is 6.34. The van der Waals surface area contributed by atoms with Gasteiger partial charge in [-0.15, -0.1) is 0 Å². The number of nitrogens with one attached hydrogen (secondary N) is 2. The number of nitrogens with zero attached hydrogens (tertiary/aromatic N) is 6. The van der Waals surface area contributed by atoms with Gasteiger partial charge in [0.25, 0.3) is 5.91 Å². The Morgan fingerprint density at radius 2 is 1.82 bits per heavy atom. The van der Waals surface area contributed by atoms with E-state index in [0.29, 0.717) is 51.1 Å². The predicted molar refractivity (Wildman–Crippen MR) is 168 cm³/mol. The minimum atomic E-state index is -0.853. The second-order valence-electron chi connectivity index (χ2n) is 10.8. The lowest BCUT2D eigenvalue weighted by Gasteiger charge is -2.30. The third-order valence-corrected chi connectivity index (χ3v) is 7.82. The Morgan fingerprint density at radius 3 is 2.62 bits per heavy atom. The molecule has 5 aromatic rings. The number of pyridine rings is 1. The minimum absolute atomic E-state index is 0.125. The van der Waals surface area contributed by atoms with Crippen molar-refractivity contribution in [3.8, 4) is 23.0 Å². The number of fused-ring (bicyclic) bond motifs is 2. The first kappa shape index (κ1) is 29.8. The van der Waals surface area contributed by atoms with Crippen molar-refractivity contribution in [1.82, 2.24) is 29.5 Å². The number of carbonyl (C=O) groups excluding carboxylic acids is 1. The van der Waals surface area contributed by atoms with Gasteiger partial charge >= 0.3 is 0 Å². The Balaban J connectivity index is 1.28. The van der Waals surface area contributed by atoms with Gasteiger partial charge in [0.15, 0.2) is 11.5 Å². The van der Waals surface area contributed by atoms with Crippen molar-refractivity contribution in [2.45, 2.75) is 32.2 Å². The van der Waals surface area contributed by atoms with E-state index >= 15 is 4.39 Å². The average molecular weight is 613 g/mol. The first-order valence-corrected chi connectivity index (χ1v) is 14.5. The summed E-state index contributed by atoms with van der Waals surface area (Å²) in [6.07, 6.45) is 8.91. The molecule has 1 saturated heterocycles. The van der Waals surface area contributed by atoms with Crippen molar-refractivity contribution in [2.75, 3.05) is 38.4 Å². The average Bonchev–Trinajstić information content (AvgIpc) is 3.51. The van der Waals surface area contributed by atoms with Crippen molar-refractivity contribution >= 4 is 39.6 Å². The predicted octanol–water partition coefficient (Wildman–Crippen LogP) is 5.81. The number of methoxy groups -OCH3 is 2. The topological polar surface area (TPSA) is 128 Å². The lowest BCUT2D eigenvalue weighted by Crippen LogP contribution is -2.35. The lowest BCUT2D eigenvalue weighted by atomic mass is 10.0. The maximum absolute atomic E-state index is 15.0. The third-order valence-electron chi connectivity index (χ3n) is 7.82. The Labute approximate surface area is 258 Å². The number of benzene rings is 2. The van der Waals surface area contributed by atoms with E-state index in [1.165, 1.54) is 25.8 Å². The number of amides is 1. The molecule has 1 atom stereocenters. The molecule has 0 saturated carbocycles. The van der Waals surface area contributed by atoms with Gasteiger partial charge in [0, 0.05) is 35.8 Å². The molecule has 0 spiro atoms. The van der Waals surface area contributed by atoms with Gasteiger partial charge in [-0.1, -0.05) is 6.42 Å². The standard InChI is InChI=1S/C32H33FN8O4/c1-19-11-25(29(44-4)16-27(19)45-21-8-10-41-30(13-21)35-18-37-41)38-31-22-14-26(28(43-3)15-24(22)34-17-36-31)39-32(42)23(33)12-20-7-5-6-9-40(20)2/h8,10-18,20H,5-7,9H2,1-4H3,(H,39,42)(H,34,36,38)/b23-12-/t20-/m1/s1. The highest BCUT2D eigenvalue weighted by molar-refractivity contribution is 6.05. The number of ether oxygens (including phenoxy) is 3. The first-order valence-electron chi connectivity index (χ1n) is 14.5. The van der Waals surface area contributed by atoms with E-state index in [1.807, 2.05) is 20.0 Å². The molecule has 12 nitrogen and oxygen atoms in total. The molecular weight excluding hydrogens is 579 g/mol. The van der Waals surface area contributed by atoms with E-state index < -0.39 is 11.7 Å². The Hall–Kier alpha value is -5.30. The Morgan fingerprint density at radius 1 is 1.00 bits per heavy atom. The molecule has 0 unspecified atom stereocenters. The van der Waals surface area contributed by atoms with Crippen LogP contribution in [-0.4, -0.2) is 69.2 Å². The number of aryl methyl sites for hydroxylation is 1. The molecule has 1 amide bonds. The highest BCUT2D eigenvalue weighted by atomic mass is 19.1. The second kappa shape index (κ2) is 12.7. The van der Waals surface area contributed by atoms with E-state index in [1.54, 1.807) is 48.2 Å². The van der Waals surface area contributed by atoms with Gasteiger partial charge in [-0.2, -0.15) is 5.10 Å². The smallest absolute Gasteiger partial charge is 0.284 e. The monoisotopic (exact) mass is 612 g/mol. The fourth-order valence-electron chi connectivity index (χ4n) is 5.35. The van der Waals surface area contributed by atoms with E-state index in [4.69, 9.17) is 14.2 Å². The van der Waals surface area contributed by atoms with Crippen molar-refractivity contribution < 1.29 is 23.4 Å².